The maximum atomic E-state index is 12.3. The van der Waals surface area contributed by atoms with Crippen molar-refractivity contribution in [3.63, 3.8) is 0 Å². The number of aliphatic hydroxyl groups excluding tert-OH is 4. The molecule has 0 aromatic heterocycles. The minimum absolute atomic E-state index is 0.220. The number of nitrogens with one attached hydrogen (secondary N) is 1. The lowest BCUT2D eigenvalue weighted by molar-refractivity contribution is -0.123. The highest BCUT2D eigenvalue weighted by molar-refractivity contribution is 5.76. The van der Waals surface area contributed by atoms with Gasteiger partial charge in [-0.3, -0.25) is 4.79 Å². The molecule has 0 aromatic carbocycles. The summed E-state index contributed by atoms with van der Waals surface area (Å²) < 4.78 is 0. The van der Waals surface area contributed by atoms with Gasteiger partial charge in [-0.25, -0.2) is 0 Å². The fourth-order valence-electron chi connectivity index (χ4n) is 4.86. The van der Waals surface area contributed by atoms with Crippen LogP contribution in [-0.2, 0) is 4.79 Å². The molecular formula is C38H67NO5. The fraction of sp³-hybridized carbons (Fsp3) is 0.711. The fourth-order valence-corrected chi connectivity index (χ4v) is 4.86. The van der Waals surface area contributed by atoms with Crippen molar-refractivity contribution in [3.05, 3.63) is 60.8 Å². The van der Waals surface area contributed by atoms with Gasteiger partial charge in [-0.1, -0.05) is 158 Å². The summed E-state index contributed by atoms with van der Waals surface area (Å²) in [6.45, 7) is 4.07. The number of carbonyl (C=O) groups is 1. The molecule has 0 saturated carbocycles. The number of carbonyl (C=O) groups excluding carboxylic acids is 1. The van der Waals surface area contributed by atoms with Crippen molar-refractivity contribution in [2.75, 3.05) is 6.61 Å². The van der Waals surface area contributed by atoms with Gasteiger partial charge in [0.25, 0.3) is 0 Å². The van der Waals surface area contributed by atoms with E-state index in [4.69, 9.17) is 0 Å². The van der Waals surface area contributed by atoms with Gasteiger partial charge in [0.15, 0.2) is 0 Å². The van der Waals surface area contributed by atoms with Crippen molar-refractivity contribution >= 4 is 5.91 Å². The van der Waals surface area contributed by atoms with Gasteiger partial charge in [0.2, 0.25) is 5.91 Å². The summed E-state index contributed by atoms with van der Waals surface area (Å²) in [5.74, 6) is -0.243. The summed E-state index contributed by atoms with van der Waals surface area (Å²) in [7, 11) is 0. The van der Waals surface area contributed by atoms with Gasteiger partial charge in [-0.15, -0.1) is 0 Å². The number of rotatable bonds is 30. The number of hydrogen-bond acceptors (Lipinski definition) is 5. The Bertz CT molecular complexity index is 788. The Morgan fingerprint density at radius 2 is 1.11 bits per heavy atom. The Hall–Kier alpha value is -1.99. The minimum atomic E-state index is -0.926. The van der Waals surface area contributed by atoms with Crippen LogP contribution >= 0.6 is 0 Å². The molecule has 0 rings (SSSR count). The lowest BCUT2D eigenvalue weighted by Crippen LogP contribution is -2.45. The summed E-state index contributed by atoms with van der Waals surface area (Å²) in [5.41, 5.74) is 0. The van der Waals surface area contributed by atoms with Crippen LogP contribution in [0.5, 0.6) is 0 Å². The van der Waals surface area contributed by atoms with Crippen LogP contribution in [0.1, 0.15) is 142 Å². The number of aliphatic hydroxyl groups is 4. The van der Waals surface area contributed by atoms with Crippen LogP contribution in [-0.4, -0.2) is 57.3 Å². The molecule has 0 radical (unpaired) electrons. The summed E-state index contributed by atoms with van der Waals surface area (Å²) in [5, 5.41) is 42.7. The monoisotopic (exact) mass is 618 g/mol. The van der Waals surface area contributed by atoms with E-state index in [2.05, 4.69) is 19.2 Å². The van der Waals surface area contributed by atoms with Crippen molar-refractivity contribution in [2.45, 2.75) is 167 Å². The minimum Gasteiger partial charge on any atom is -0.394 e. The highest BCUT2D eigenvalue weighted by atomic mass is 16.3. The molecule has 1 amide bonds. The van der Waals surface area contributed by atoms with Gasteiger partial charge in [-0.05, 0) is 38.5 Å². The molecule has 0 spiro atoms. The Labute approximate surface area is 270 Å². The largest absolute Gasteiger partial charge is 0.394 e. The maximum Gasteiger partial charge on any atom is 0.220 e. The Kier molecular flexibility index (Phi) is 30.9. The molecule has 0 fully saturated rings. The normalized spacial score (nSPS) is 15.3. The first-order valence-electron chi connectivity index (χ1n) is 17.7. The number of hydrogen-bond donors (Lipinski definition) is 5. The molecule has 0 bridgehead atoms. The smallest absolute Gasteiger partial charge is 0.220 e. The van der Waals surface area contributed by atoms with Gasteiger partial charge in [0.1, 0.15) is 0 Å². The van der Waals surface area contributed by atoms with E-state index in [9.17, 15) is 25.2 Å². The average molecular weight is 618 g/mol. The number of amides is 1. The molecule has 0 saturated heterocycles. The molecule has 254 valence electrons. The molecule has 6 heteroatoms. The quantitative estimate of drug-likeness (QED) is 0.0317. The van der Waals surface area contributed by atoms with Crippen molar-refractivity contribution in [3.8, 4) is 0 Å². The Morgan fingerprint density at radius 1 is 0.614 bits per heavy atom. The zero-order valence-electron chi connectivity index (χ0n) is 28.1. The van der Waals surface area contributed by atoms with Gasteiger partial charge in [-0.2, -0.15) is 0 Å². The zero-order chi connectivity index (χ0) is 32.5. The molecule has 0 aromatic rings. The van der Waals surface area contributed by atoms with E-state index in [1.807, 2.05) is 42.5 Å². The van der Waals surface area contributed by atoms with Gasteiger partial charge < -0.3 is 25.7 Å². The molecule has 0 aliphatic heterocycles. The van der Waals surface area contributed by atoms with Crippen LogP contribution < -0.4 is 5.32 Å². The van der Waals surface area contributed by atoms with E-state index in [1.54, 1.807) is 18.2 Å². The summed E-state index contributed by atoms with van der Waals surface area (Å²) in [6, 6.07) is -0.730. The Morgan fingerprint density at radius 3 is 1.66 bits per heavy atom. The number of unbranched alkanes of at least 4 members (excludes halogenated alkanes) is 13. The highest BCUT2D eigenvalue weighted by Gasteiger charge is 2.18. The molecule has 0 heterocycles. The standard InChI is InChI=1S/C38H67NO5/c1-3-5-7-8-9-10-11-12-13-14-18-21-25-31-37(43)36(33-40)39-38(44)32-26-30-35(42)29-24-20-17-15-16-19-23-28-34(41)27-22-6-4-2/h16-17,19-20,23-25,28-29,31,34-37,40-43H,3-15,18,21-22,26-27,30,32-33H2,1-2H3,(H,39,44)/b19-16-,20-17-,28-23+,29-24+,31-25+/t34-,35-,36+,37-/m1/s1. The van der Waals surface area contributed by atoms with E-state index < -0.39 is 18.2 Å². The average Bonchev–Trinajstić information content (AvgIpc) is 3.01. The van der Waals surface area contributed by atoms with E-state index in [0.29, 0.717) is 12.8 Å². The first kappa shape index (κ1) is 42.0. The van der Waals surface area contributed by atoms with Crippen molar-refractivity contribution in [1.29, 1.82) is 0 Å². The zero-order valence-corrected chi connectivity index (χ0v) is 28.1. The first-order valence-corrected chi connectivity index (χ1v) is 17.7. The summed E-state index contributed by atoms with van der Waals surface area (Å²) >= 11 is 0. The van der Waals surface area contributed by atoms with Crippen molar-refractivity contribution in [1.82, 2.24) is 5.32 Å². The van der Waals surface area contributed by atoms with Crippen molar-refractivity contribution in [2.24, 2.45) is 0 Å². The van der Waals surface area contributed by atoms with Crippen LogP contribution in [0.25, 0.3) is 0 Å². The second-order valence-corrected chi connectivity index (χ2v) is 12.0. The summed E-state index contributed by atoms with van der Waals surface area (Å²) in [6.07, 6.45) is 37.9. The molecule has 0 unspecified atom stereocenters. The third-order valence-electron chi connectivity index (χ3n) is 7.70. The molecule has 5 N–H and O–H groups in total. The van der Waals surface area contributed by atoms with Crippen LogP contribution in [0.4, 0.5) is 0 Å². The highest BCUT2D eigenvalue weighted by Crippen LogP contribution is 2.12. The molecule has 0 aliphatic rings. The molecular weight excluding hydrogens is 550 g/mol. The SMILES string of the molecule is CCCCCCCCCCCCC/C=C/[C@@H](O)[C@H](CO)NC(=O)CCC[C@H](O)/C=C/C=C\C/C=C\C=C\[C@H](O)CCCCC. The molecule has 0 aliphatic carbocycles. The van der Waals surface area contributed by atoms with Crippen LogP contribution in [0.2, 0.25) is 0 Å². The number of allylic oxidation sites excluding steroid dienone is 7. The molecule has 4 atom stereocenters. The van der Waals surface area contributed by atoms with Gasteiger partial charge in [0, 0.05) is 6.42 Å². The lowest BCUT2D eigenvalue weighted by Gasteiger charge is -2.20. The summed E-state index contributed by atoms with van der Waals surface area (Å²) in [4.78, 5) is 12.3. The van der Waals surface area contributed by atoms with Crippen LogP contribution in [0, 0.1) is 0 Å². The predicted octanol–water partition coefficient (Wildman–Crippen LogP) is 8.17. The predicted molar refractivity (Wildman–Crippen MR) is 186 cm³/mol. The van der Waals surface area contributed by atoms with Crippen LogP contribution in [0.15, 0.2) is 60.8 Å². The van der Waals surface area contributed by atoms with Crippen LogP contribution in [0.3, 0.4) is 0 Å². The van der Waals surface area contributed by atoms with Crippen molar-refractivity contribution < 1.29 is 25.2 Å². The molecule has 44 heavy (non-hydrogen) atoms. The van der Waals surface area contributed by atoms with Gasteiger partial charge >= 0.3 is 0 Å². The second-order valence-electron chi connectivity index (χ2n) is 12.0. The first-order chi connectivity index (χ1) is 21.4. The second kappa shape index (κ2) is 32.4. The third-order valence-corrected chi connectivity index (χ3v) is 7.70. The van der Waals surface area contributed by atoms with E-state index >= 15 is 0 Å². The Balaban J connectivity index is 3.97. The third kappa shape index (κ3) is 28.8. The topological polar surface area (TPSA) is 110 Å². The van der Waals surface area contributed by atoms with E-state index in [-0.39, 0.29) is 25.0 Å². The van der Waals surface area contributed by atoms with E-state index in [1.165, 1.54) is 64.2 Å². The van der Waals surface area contributed by atoms with Gasteiger partial charge in [0.05, 0.1) is 31.0 Å². The molecule has 6 nitrogen and oxygen atoms in total. The maximum absolute atomic E-state index is 12.3. The lowest BCUT2D eigenvalue weighted by atomic mass is 10.0. The van der Waals surface area contributed by atoms with E-state index in [0.717, 1.165) is 44.9 Å².